The minimum atomic E-state index is -0.616. The fourth-order valence-electron chi connectivity index (χ4n) is 3.99. The van der Waals surface area contributed by atoms with E-state index in [9.17, 15) is 4.79 Å². The van der Waals surface area contributed by atoms with Crippen molar-refractivity contribution in [2.75, 3.05) is 0 Å². The van der Waals surface area contributed by atoms with Crippen molar-refractivity contribution in [1.29, 1.82) is 0 Å². The van der Waals surface area contributed by atoms with Gasteiger partial charge in [-0.1, -0.05) is 48.6 Å². The predicted molar refractivity (Wildman–Crippen MR) is 98.7 cm³/mol. The van der Waals surface area contributed by atoms with Crippen molar-refractivity contribution in [3.05, 3.63) is 66.3 Å². The maximum Gasteiger partial charge on any atom is 0.306 e. The van der Waals surface area contributed by atoms with Crippen LogP contribution in [0.1, 0.15) is 43.2 Å². The Labute approximate surface area is 144 Å². The van der Waals surface area contributed by atoms with Gasteiger partial charge in [0.25, 0.3) is 0 Å². The molecular weight excluding hydrogens is 296 g/mol. The summed E-state index contributed by atoms with van der Waals surface area (Å²) in [6.45, 7) is 3.78. The molecule has 3 rings (SSSR count). The Kier molecular flexibility index (Phi) is 5.34. The standard InChI is InChI=1S/C22H26O2/c1-2-3-16-4-6-17(7-5-16)18-8-10-19(11-9-18)20-12-14-21(15-13-20)22(23)24/h2,4-10,19-21H,1,3,11-15H2,(H,23,24)/t19?,20-,21-. The molecule has 1 atom stereocenters. The van der Waals surface area contributed by atoms with Crippen LogP contribution >= 0.6 is 0 Å². The van der Waals surface area contributed by atoms with Gasteiger partial charge in [0, 0.05) is 0 Å². The molecule has 0 aliphatic heterocycles. The molecule has 1 aromatic rings. The molecule has 126 valence electrons. The maximum atomic E-state index is 11.1. The molecule has 2 nitrogen and oxygen atoms in total. The highest BCUT2D eigenvalue weighted by molar-refractivity contribution is 5.75. The largest absolute Gasteiger partial charge is 0.481 e. The number of allylic oxidation sites excluding steroid dienone is 5. The fraction of sp³-hybridized carbons (Fsp3) is 0.409. The van der Waals surface area contributed by atoms with Gasteiger partial charge in [0.15, 0.2) is 0 Å². The van der Waals surface area contributed by atoms with Crippen LogP contribution in [0.25, 0.3) is 5.57 Å². The topological polar surface area (TPSA) is 37.3 Å². The second-order valence-electron chi connectivity index (χ2n) is 7.06. The van der Waals surface area contributed by atoms with Crippen LogP contribution in [0.2, 0.25) is 0 Å². The molecule has 0 amide bonds. The van der Waals surface area contributed by atoms with Crippen LogP contribution in [0.15, 0.2) is 55.1 Å². The molecule has 1 N–H and O–H groups in total. The number of hydrogen-bond donors (Lipinski definition) is 1. The zero-order chi connectivity index (χ0) is 16.9. The molecule has 2 aliphatic carbocycles. The first-order valence-electron chi connectivity index (χ1n) is 8.98. The zero-order valence-electron chi connectivity index (χ0n) is 14.2. The van der Waals surface area contributed by atoms with Gasteiger partial charge in [0.2, 0.25) is 0 Å². The number of carbonyl (C=O) groups is 1. The van der Waals surface area contributed by atoms with E-state index in [1.54, 1.807) is 0 Å². The molecule has 24 heavy (non-hydrogen) atoms. The monoisotopic (exact) mass is 322 g/mol. The van der Waals surface area contributed by atoms with Crippen molar-refractivity contribution in [2.24, 2.45) is 17.8 Å². The summed E-state index contributed by atoms with van der Waals surface area (Å²) >= 11 is 0. The van der Waals surface area contributed by atoms with E-state index >= 15 is 0 Å². The molecule has 0 spiro atoms. The van der Waals surface area contributed by atoms with Crippen LogP contribution in [0, 0.1) is 17.8 Å². The second kappa shape index (κ2) is 7.65. The van der Waals surface area contributed by atoms with Crippen molar-refractivity contribution < 1.29 is 9.90 Å². The van der Waals surface area contributed by atoms with E-state index < -0.39 is 5.97 Å². The summed E-state index contributed by atoms with van der Waals surface area (Å²) in [4.78, 5) is 11.1. The summed E-state index contributed by atoms with van der Waals surface area (Å²) in [5, 5.41) is 9.12. The van der Waals surface area contributed by atoms with Gasteiger partial charge in [-0.3, -0.25) is 4.79 Å². The summed E-state index contributed by atoms with van der Waals surface area (Å²) in [7, 11) is 0. The van der Waals surface area contributed by atoms with Gasteiger partial charge in [0.1, 0.15) is 0 Å². The fourth-order valence-corrected chi connectivity index (χ4v) is 3.99. The molecule has 0 aromatic heterocycles. The second-order valence-corrected chi connectivity index (χ2v) is 7.06. The van der Waals surface area contributed by atoms with Crippen LogP contribution in [-0.4, -0.2) is 11.1 Å². The maximum absolute atomic E-state index is 11.1. The molecule has 1 saturated carbocycles. The average molecular weight is 322 g/mol. The van der Waals surface area contributed by atoms with Crippen molar-refractivity contribution in [1.82, 2.24) is 0 Å². The van der Waals surface area contributed by atoms with E-state index in [-0.39, 0.29) is 5.92 Å². The molecular formula is C22H26O2. The van der Waals surface area contributed by atoms with Crippen LogP contribution in [0.3, 0.4) is 0 Å². The number of carboxylic acids is 1. The molecule has 0 radical (unpaired) electrons. The molecule has 0 saturated heterocycles. The average Bonchev–Trinajstić information content (AvgIpc) is 2.63. The molecule has 1 fully saturated rings. The Balaban J connectivity index is 1.57. The summed E-state index contributed by atoms with van der Waals surface area (Å²) in [5.74, 6) is 0.483. The van der Waals surface area contributed by atoms with Gasteiger partial charge in [-0.25, -0.2) is 0 Å². The van der Waals surface area contributed by atoms with Crippen LogP contribution in [0.4, 0.5) is 0 Å². The van der Waals surface area contributed by atoms with Gasteiger partial charge < -0.3 is 5.11 Å². The van der Waals surface area contributed by atoms with E-state index in [1.807, 2.05) is 6.08 Å². The quantitative estimate of drug-likeness (QED) is 0.750. The molecule has 0 bridgehead atoms. The number of aliphatic carboxylic acids is 1. The highest BCUT2D eigenvalue weighted by Gasteiger charge is 2.29. The predicted octanol–water partition coefficient (Wildman–Crippen LogP) is 5.27. The van der Waals surface area contributed by atoms with Crippen LogP contribution in [0.5, 0.6) is 0 Å². The van der Waals surface area contributed by atoms with Gasteiger partial charge in [-0.05, 0) is 67.1 Å². The van der Waals surface area contributed by atoms with Gasteiger partial charge in [-0.2, -0.15) is 0 Å². The number of benzene rings is 1. The van der Waals surface area contributed by atoms with Gasteiger partial charge in [-0.15, -0.1) is 6.58 Å². The van der Waals surface area contributed by atoms with Gasteiger partial charge >= 0.3 is 5.97 Å². The van der Waals surface area contributed by atoms with E-state index in [4.69, 9.17) is 5.11 Å². The number of hydrogen-bond acceptors (Lipinski definition) is 1. The third-order valence-electron chi connectivity index (χ3n) is 5.53. The molecule has 0 heterocycles. The minimum Gasteiger partial charge on any atom is -0.481 e. The molecule has 1 unspecified atom stereocenters. The molecule has 1 aromatic carbocycles. The lowest BCUT2D eigenvalue weighted by Gasteiger charge is -2.32. The highest BCUT2D eigenvalue weighted by Crippen LogP contribution is 2.38. The lowest BCUT2D eigenvalue weighted by molar-refractivity contribution is -0.143. The summed E-state index contributed by atoms with van der Waals surface area (Å²) in [6.07, 6.45) is 14.6. The van der Waals surface area contributed by atoms with Gasteiger partial charge in [0.05, 0.1) is 5.92 Å². The van der Waals surface area contributed by atoms with Crippen molar-refractivity contribution >= 4 is 11.5 Å². The zero-order valence-corrected chi connectivity index (χ0v) is 14.2. The Hall–Kier alpha value is -2.09. The van der Waals surface area contributed by atoms with E-state index in [1.165, 1.54) is 16.7 Å². The van der Waals surface area contributed by atoms with E-state index in [0.29, 0.717) is 11.8 Å². The third kappa shape index (κ3) is 3.87. The lowest BCUT2D eigenvalue weighted by Crippen LogP contribution is -2.25. The minimum absolute atomic E-state index is 0.117. The van der Waals surface area contributed by atoms with Crippen LogP contribution < -0.4 is 0 Å². The smallest absolute Gasteiger partial charge is 0.306 e. The number of rotatable bonds is 5. The van der Waals surface area contributed by atoms with E-state index in [0.717, 1.165) is 38.5 Å². The Morgan fingerprint density at radius 2 is 1.88 bits per heavy atom. The summed E-state index contributed by atoms with van der Waals surface area (Å²) in [5.41, 5.74) is 3.87. The van der Waals surface area contributed by atoms with Crippen molar-refractivity contribution in [3.8, 4) is 0 Å². The van der Waals surface area contributed by atoms with Crippen molar-refractivity contribution in [2.45, 2.75) is 38.5 Å². The summed E-state index contributed by atoms with van der Waals surface area (Å²) < 4.78 is 0. The Morgan fingerprint density at radius 3 is 2.42 bits per heavy atom. The summed E-state index contributed by atoms with van der Waals surface area (Å²) in [6, 6.07) is 8.72. The molecule has 2 aliphatic rings. The normalized spacial score (nSPS) is 26.7. The Morgan fingerprint density at radius 1 is 1.17 bits per heavy atom. The third-order valence-corrected chi connectivity index (χ3v) is 5.53. The van der Waals surface area contributed by atoms with Crippen LogP contribution in [-0.2, 0) is 11.2 Å². The lowest BCUT2D eigenvalue weighted by atomic mass is 9.73. The first-order chi connectivity index (χ1) is 11.7. The Bertz CT molecular complexity index is 643. The highest BCUT2D eigenvalue weighted by atomic mass is 16.4. The number of carboxylic acid groups (broad SMARTS) is 1. The molecule has 2 heteroatoms. The van der Waals surface area contributed by atoms with E-state index in [2.05, 4.69) is 49.1 Å². The SMILES string of the molecule is C=CCc1ccc(C2=CCC([C@H]3CC[C@H](C(=O)O)CC3)C=C2)cc1. The first-order valence-corrected chi connectivity index (χ1v) is 8.98. The van der Waals surface area contributed by atoms with Crippen molar-refractivity contribution in [3.63, 3.8) is 0 Å². The first kappa shape index (κ1) is 16.8.